The fourth-order valence-electron chi connectivity index (χ4n) is 2.62. The van der Waals surface area contributed by atoms with E-state index >= 15 is 0 Å². The predicted molar refractivity (Wildman–Crippen MR) is 135 cm³/mol. The number of rotatable bonds is 9. The fourth-order valence-corrected chi connectivity index (χ4v) is 3.40. The zero-order valence-corrected chi connectivity index (χ0v) is 21.1. The first-order valence-corrected chi connectivity index (χ1v) is 11.3. The molecule has 0 aliphatic heterocycles. The molecule has 0 aliphatic rings. The third-order valence-corrected chi connectivity index (χ3v) is 5.28. The molecule has 9 nitrogen and oxygen atoms in total. The summed E-state index contributed by atoms with van der Waals surface area (Å²) in [4.78, 5) is 35.8. The number of carbonyl (C=O) groups excluding carboxylic acids is 3. The van der Waals surface area contributed by atoms with E-state index in [1.165, 1.54) is 13.3 Å². The quantitative estimate of drug-likeness (QED) is 0.187. The molecular weight excluding hydrogens is 539 g/mol. The number of nitrogens with one attached hydrogen (secondary N) is 3. The van der Waals surface area contributed by atoms with Crippen molar-refractivity contribution in [1.29, 1.82) is 0 Å². The zero-order chi connectivity index (χ0) is 24.4. The summed E-state index contributed by atoms with van der Waals surface area (Å²) in [5.74, 6) is -1.10. The average Bonchev–Trinajstić information content (AvgIpc) is 2.77. The lowest BCUT2D eigenvalue weighted by Gasteiger charge is -2.13. The van der Waals surface area contributed by atoms with Crippen LogP contribution >= 0.6 is 22.6 Å². The highest BCUT2D eigenvalue weighted by Crippen LogP contribution is 2.33. The second-order valence-corrected chi connectivity index (χ2v) is 8.38. The van der Waals surface area contributed by atoms with Gasteiger partial charge in [0, 0.05) is 11.7 Å². The lowest BCUT2D eigenvalue weighted by atomic mass is 10.2. The molecule has 3 N–H and O–H groups in total. The van der Waals surface area contributed by atoms with Crippen LogP contribution in [0, 0.1) is 10.5 Å². The number of aryl methyl sites for hydroxylation is 1. The second kappa shape index (κ2) is 12.8. The van der Waals surface area contributed by atoms with E-state index in [0.29, 0.717) is 32.7 Å². The van der Waals surface area contributed by atoms with Crippen molar-refractivity contribution in [1.82, 2.24) is 10.7 Å². The highest BCUT2D eigenvalue weighted by Gasteiger charge is 2.15. The van der Waals surface area contributed by atoms with Crippen LogP contribution in [0.1, 0.15) is 31.4 Å². The van der Waals surface area contributed by atoms with Gasteiger partial charge in [-0.05, 0) is 78.3 Å². The van der Waals surface area contributed by atoms with Crippen molar-refractivity contribution in [2.24, 2.45) is 5.10 Å². The van der Waals surface area contributed by atoms with Crippen molar-refractivity contribution in [3.63, 3.8) is 0 Å². The number of methoxy groups -OCH3 is 1. The number of hydrogen-bond donors (Lipinski definition) is 3. The highest BCUT2D eigenvalue weighted by molar-refractivity contribution is 14.1. The van der Waals surface area contributed by atoms with Crippen molar-refractivity contribution in [2.45, 2.75) is 33.2 Å². The van der Waals surface area contributed by atoms with E-state index in [4.69, 9.17) is 9.47 Å². The summed E-state index contributed by atoms with van der Waals surface area (Å²) in [6.07, 6.45) is 2.09. The normalized spacial score (nSPS) is 11.5. The van der Waals surface area contributed by atoms with Crippen LogP contribution in [-0.2, 0) is 14.4 Å². The largest absolute Gasteiger partial charge is 0.493 e. The summed E-state index contributed by atoms with van der Waals surface area (Å²) in [5, 5.41) is 9.16. The van der Waals surface area contributed by atoms with Gasteiger partial charge in [-0.3, -0.25) is 14.4 Å². The van der Waals surface area contributed by atoms with Gasteiger partial charge in [-0.2, -0.15) is 5.10 Å². The molecular formula is C23H27IN4O5. The number of anilines is 1. The Morgan fingerprint density at radius 3 is 2.61 bits per heavy atom. The number of hydrazone groups is 1. The van der Waals surface area contributed by atoms with Crippen LogP contribution in [0.3, 0.4) is 0 Å². The molecule has 0 heterocycles. The van der Waals surface area contributed by atoms with Crippen molar-refractivity contribution in [3.05, 3.63) is 51.1 Å². The maximum atomic E-state index is 12.2. The van der Waals surface area contributed by atoms with Crippen LogP contribution in [-0.4, -0.2) is 43.7 Å². The molecule has 0 saturated carbocycles. The maximum absolute atomic E-state index is 12.2. The second-order valence-electron chi connectivity index (χ2n) is 7.22. The summed E-state index contributed by atoms with van der Waals surface area (Å²) in [6.45, 7) is 5.45. The van der Waals surface area contributed by atoms with Crippen molar-refractivity contribution in [2.75, 3.05) is 19.0 Å². The smallest absolute Gasteiger partial charge is 0.329 e. The first-order valence-electron chi connectivity index (χ1n) is 10.2. The summed E-state index contributed by atoms with van der Waals surface area (Å²) >= 11 is 2.05. The topological polar surface area (TPSA) is 118 Å². The Balaban J connectivity index is 1.99. The van der Waals surface area contributed by atoms with Crippen LogP contribution in [0.15, 0.2) is 41.5 Å². The zero-order valence-electron chi connectivity index (χ0n) is 18.9. The molecule has 0 bridgehead atoms. The molecule has 10 heteroatoms. The van der Waals surface area contributed by atoms with Gasteiger partial charge in [-0.1, -0.05) is 19.1 Å². The molecule has 176 valence electrons. The summed E-state index contributed by atoms with van der Waals surface area (Å²) < 4.78 is 11.7. The van der Waals surface area contributed by atoms with Crippen molar-refractivity contribution >= 4 is 52.2 Å². The Bertz CT molecular complexity index is 1040. The molecule has 2 aromatic carbocycles. The van der Waals surface area contributed by atoms with Crippen molar-refractivity contribution in [3.8, 4) is 11.5 Å². The summed E-state index contributed by atoms with van der Waals surface area (Å²) in [5.41, 5.74) is 4.53. The minimum atomic E-state index is -0.854. The van der Waals surface area contributed by atoms with Crippen LogP contribution in [0.4, 0.5) is 5.69 Å². The Morgan fingerprint density at radius 1 is 1.18 bits per heavy atom. The van der Waals surface area contributed by atoms with E-state index in [-0.39, 0.29) is 18.6 Å². The van der Waals surface area contributed by atoms with Crippen LogP contribution in [0.5, 0.6) is 11.5 Å². The van der Waals surface area contributed by atoms with Crippen LogP contribution < -0.4 is 25.5 Å². The van der Waals surface area contributed by atoms with E-state index in [1.807, 2.05) is 32.0 Å². The Labute approximate surface area is 206 Å². The number of amides is 3. The van der Waals surface area contributed by atoms with Gasteiger partial charge in [-0.25, -0.2) is 5.43 Å². The van der Waals surface area contributed by atoms with Gasteiger partial charge in [-0.15, -0.1) is 0 Å². The first kappa shape index (κ1) is 26.1. The number of carbonyl (C=O) groups is 3. The molecule has 0 radical (unpaired) electrons. The van der Waals surface area contributed by atoms with E-state index < -0.39 is 11.8 Å². The monoisotopic (exact) mass is 566 g/mol. The van der Waals surface area contributed by atoms with E-state index in [2.05, 4.69) is 43.8 Å². The molecule has 1 atom stereocenters. The van der Waals surface area contributed by atoms with Gasteiger partial charge in [0.2, 0.25) is 0 Å². The molecule has 0 unspecified atom stereocenters. The molecule has 3 amide bonds. The third kappa shape index (κ3) is 8.37. The number of benzene rings is 2. The predicted octanol–water partition coefficient (Wildman–Crippen LogP) is 2.99. The summed E-state index contributed by atoms with van der Waals surface area (Å²) in [6, 6.07) is 10.7. The Hall–Kier alpha value is -3.15. The summed E-state index contributed by atoms with van der Waals surface area (Å²) in [7, 11) is 1.48. The molecule has 0 saturated heterocycles. The van der Waals surface area contributed by atoms with Gasteiger partial charge in [0.15, 0.2) is 18.1 Å². The van der Waals surface area contributed by atoms with E-state index in [0.717, 1.165) is 5.56 Å². The SMILES string of the molecule is CC[C@H](C)NC(=O)C(=O)N/N=C\c1cc(I)c(OCC(=O)Nc2cccc(C)c2)c(OC)c1. The maximum Gasteiger partial charge on any atom is 0.329 e. The Morgan fingerprint density at radius 2 is 1.94 bits per heavy atom. The fraction of sp³-hybridized carbons (Fsp3) is 0.304. The Kier molecular flexibility index (Phi) is 10.1. The van der Waals surface area contributed by atoms with Gasteiger partial charge in [0.1, 0.15) is 0 Å². The molecule has 0 spiro atoms. The van der Waals surface area contributed by atoms with Gasteiger partial charge >= 0.3 is 11.8 Å². The number of nitrogens with zero attached hydrogens (tertiary/aromatic N) is 1. The highest BCUT2D eigenvalue weighted by atomic mass is 127. The molecule has 0 fully saturated rings. The third-order valence-electron chi connectivity index (χ3n) is 4.48. The van der Waals surface area contributed by atoms with Crippen LogP contribution in [0.25, 0.3) is 0 Å². The minimum absolute atomic E-state index is 0.107. The lowest BCUT2D eigenvalue weighted by Crippen LogP contribution is -2.41. The number of hydrogen-bond acceptors (Lipinski definition) is 6. The first-order chi connectivity index (χ1) is 15.7. The van der Waals surface area contributed by atoms with E-state index in [1.54, 1.807) is 25.1 Å². The standard InChI is InChI=1S/C23H27IN4O5/c1-5-15(3)26-22(30)23(31)28-25-12-16-10-18(24)21(19(11-16)32-4)33-13-20(29)27-17-8-6-7-14(2)9-17/h6-12,15H,5,13H2,1-4H3,(H,26,30)(H,27,29)(H,28,31)/b25-12-/t15-/m0/s1. The van der Waals surface area contributed by atoms with Gasteiger partial charge in [0.05, 0.1) is 16.9 Å². The molecule has 2 aromatic rings. The molecule has 0 aromatic heterocycles. The van der Waals surface area contributed by atoms with Gasteiger partial charge < -0.3 is 20.1 Å². The minimum Gasteiger partial charge on any atom is -0.493 e. The molecule has 33 heavy (non-hydrogen) atoms. The lowest BCUT2D eigenvalue weighted by molar-refractivity contribution is -0.139. The van der Waals surface area contributed by atoms with Crippen LogP contribution in [0.2, 0.25) is 0 Å². The molecule has 0 aliphatic carbocycles. The van der Waals surface area contributed by atoms with Crippen molar-refractivity contribution < 1.29 is 23.9 Å². The van der Waals surface area contributed by atoms with E-state index in [9.17, 15) is 14.4 Å². The average molecular weight is 566 g/mol. The number of halogens is 1. The van der Waals surface area contributed by atoms with Gasteiger partial charge in [0.25, 0.3) is 5.91 Å². The number of ether oxygens (including phenoxy) is 2. The molecule has 2 rings (SSSR count).